The molecule has 0 aromatic heterocycles. The largest absolute Gasteiger partial charge is 0.481 e. The first-order chi connectivity index (χ1) is 10.1. The zero-order chi connectivity index (χ0) is 15.3. The lowest BCUT2D eigenvalue weighted by Gasteiger charge is -2.39. The van der Waals surface area contributed by atoms with Crippen molar-refractivity contribution < 1.29 is 14.7 Å². The van der Waals surface area contributed by atoms with E-state index in [-0.39, 0.29) is 18.9 Å². The number of hydrogen-bond acceptors (Lipinski definition) is 3. The van der Waals surface area contributed by atoms with Crippen molar-refractivity contribution in [2.24, 2.45) is 0 Å². The molecular formula is C16H22N2O3. The molecule has 1 aliphatic heterocycles. The molecule has 2 rings (SSSR count). The second kappa shape index (κ2) is 6.72. The third-order valence-corrected chi connectivity index (χ3v) is 4.20. The van der Waals surface area contributed by atoms with Crippen LogP contribution in [0.1, 0.15) is 24.8 Å². The maximum absolute atomic E-state index is 12.9. The Balaban J connectivity index is 2.23. The highest BCUT2D eigenvalue weighted by atomic mass is 16.4. The molecule has 1 amide bonds. The fraction of sp³-hybridized carbons (Fsp3) is 0.500. The minimum absolute atomic E-state index is 0.0225. The van der Waals surface area contributed by atoms with Gasteiger partial charge in [-0.2, -0.15) is 0 Å². The van der Waals surface area contributed by atoms with Crippen LogP contribution in [0.5, 0.6) is 0 Å². The number of carbonyl (C=O) groups excluding carboxylic acids is 1. The Morgan fingerprint density at radius 3 is 2.43 bits per heavy atom. The van der Waals surface area contributed by atoms with E-state index in [4.69, 9.17) is 5.11 Å². The Kier molecular flexibility index (Phi) is 4.96. The third-order valence-electron chi connectivity index (χ3n) is 4.20. The highest BCUT2D eigenvalue weighted by Gasteiger charge is 2.42. The SMILES string of the molecule is CN(CCC(=O)O)C(=O)C1(c2ccccc2)CCNCC1. The second-order valence-electron chi connectivity index (χ2n) is 5.57. The number of hydrogen-bond donors (Lipinski definition) is 2. The molecule has 0 bridgehead atoms. The normalized spacial score (nSPS) is 17.2. The van der Waals surface area contributed by atoms with Gasteiger partial charge in [-0.3, -0.25) is 9.59 Å². The summed E-state index contributed by atoms with van der Waals surface area (Å²) in [6.45, 7) is 1.84. The smallest absolute Gasteiger partial charge is 0.305 e. The molecule has 21 heavy (non-hydrogen) atoms. The van der Waals surface area contributed by atoms with Gasteiger partial charge in [0.1, 0.15) is 0 Å². The van der Waals surface area contributed by atoms with Gasteiger partial charge in [0.25, 0.3) is 0 Å². The minimum Gasteiger partial charge on any atom is -0.481 e. The molecule has 1 aromatic carbocycles. The van der Waals surface area contributed by atoms with Crippen LogP contribution in [0.2, 0.25) is 0 Å². The molecule has 1 fully saturated rings. The van der Waals surface area contributed by atoms with Crippen LogP contribution in [-0.2, 0) is 15.0 Å². The molecule has 2 N–H and O–H groups in total. The maximum Gasteiger partial charge on any atom is 0.305 e. The molecular weight excluding hydrogens is 268 g/mol. The van der Waals surface area contributed by atoms with E-state index in [9.17, 15) is 9.59 Å². The van der Waals surface area contributed by atoms with E-state index in [2.05, 4.69) is 5.32 Å². The summed E-state index contributed by atoms with van der Waals surface area (Å²) in [6, 6.07) is 9.83. The number of rotatable bonds is 5. The van der Waals surface area contributed by atoms with Crippen LogP contribution in [0.15, 0.2) is 30.3 Å². The van der Waals surface area contributed by atoms with E-state index in [0.717, 1.165) is 31.5 Å². The number of benzene rings is 1. The van der Waals surface area contributed by atoms with Gasteiger partial charge in [-0.15, -0.1) is 0 Å². The molecule has 0 atom stereocenters. The van der Waals surface area contributed by atoms with Crippen LogP contribution in [0, 0.1) is 0 Å². The van der Waals surface area contributed by atoms with Gasteiger partial charge in [-0.25, -0.2) is 0 Å². The first-order valence-corrected chi connectivity index (χ1v) is 7.30. The van der Waals surface area contributed by atoms with E-state index < -0.39 is 11.4 Å². The molecule has 1 saturated heterocycles. The van der Waals surface area contributed by atoms with Gasteiger partial charge in [-0.05, 0) is 31.5 Å². The standard InChI is InChI=1S/C16H22N2O3/c1-18(12-7-14(19)20)15(21)16(8-10-17-11-9-16)13-5-3-2-4-6-13/h2-6,17H,7-12H2,1H3,(H,19,20). The number of likely N-dealkylation sites (N-methyl/N-ethyl adjacent to an activating group) is 1. The molecule has 114 valence electrons. The fourth-order valence-electron chi connectivity index (χ4n) is 2.97. The molecule has 5 nitrogen and oxygen atoms in total. The lowest BCUT2D eigenvalue weighted by atomic mass is 9.72. The number of aliphatic carboxylic acids is 1. The van der Waals surface area contributed by atoms with Crippen molar-refractivity contribution >= 4 is 11.9 Å². The topological polar surface area (TPSA) is 69.6 Å². The summed E-state index contributed by atoms with van der Waals surface area (Å²) >= 11 is 0. The van der Waals surface area contributed by atoms with Gasteiger partial charge in [0.2, 0.25) is 5.91 Å². The van der Waals surface area contributed by atoms with Crippen molar-refractivity contribution in [2.75, 3.05) is 26.7 Å². The lowest BCUT2D eigenvalue weighted by molar-refractivity contribution is -0.140. The van der Waals surface area contributed by atoms with Crippen molar-refractivity contribution in [2.45, 2.75) is 24.7 Å². The summed E-state index contributed by atoms with van der Waals surface area (Å²) in [5.74, 6) is -0.856. The summed E-state index contributed by atoms with van der Waals surface area (Å²) in [6.07, 6.45) is 1.46. The van der Waals surface area contributed by atoms with E-state index in [1.807, 2.05) is 30.3 Å². The van der Waals surface area contributed by atoms with Gasteiger partial charge in [-0.1, -0.05) is 30.3 Å². The summed E-state index contributed by atoms with van der Waals surface area (Å²) in [5.41, 5.74) is 0.499. The number of carboxylic acid groups (broad SMARTS) is 1. The fourth-order valence-corrected chi connectivity index (χ4v) is 2.97. The molecule has 0 spiro atoms. The predicted molar refractivity (Wildman–Crippen MR) is 80.1 cm³/mol. The number of nitrogens with zero attached hydrogens (tertiary/aromatic N) is 1. The lowest BCUT2D eigenvalue weighted by Crippen LogP contribution is -2.51. The van der Waals surface area contributed by atoms with Crippen LogP contribution >= 0.6 is 0 Å². The molecule has 0 unspecified atom stereocenters. The van der Waals surface area contributed by atoms with Crippen LogP contribution < -0.4 is 5.32 Å². The zero-order valence-electron chi connectivity index (χ0n) is 12.3. The van der Waals surface area contributed by atoms with Gasteiger partial charge in [0, 0.05) is 13.6 Å². The van der Waals surface area contributed by atoms with Gasteiger partial charge < -0.3 is 15.3 Å². The van der Waals surface area contributed by atoms with Gasteiger partial charge in [0.15, 0.2) is 0 Å². The first kappa shape index (κ1) is 15.5. The molecule has 1 aromatic rings. The Bertz CT molecular complexity index is 496. The van der Waals surface area contributed by atoms with Crippen molar-refractivity contribution in [1.29, 1.82) is 0 Å². The quantitative estimate of drug-likeness (QED) is 0.856. The highest BCUT2D eigenvalue weighted by Crippen LogP contribution is 2.35. The molecule has 1 heterocycles. The Morgan fingerprint density at radius 2 is 1.86 bits per heavy atom. The summed E-state index contributed by atoms with van der Waals surface area (Å²) in [7, 11) is 1.69. The highest BCUT2D eigenvalue weighted by molar-refractivity contribution is 5.88. The molecule has 0 radical (unpaired) electrons. The van der Waals surface area contributed by atoms with Crippen LogP contribution in [0.4, 0.5) is 0 Å². The zero-order valence-corrected chi connectivity index (χ0v) is 12.3. The summed E-state index contributed by atoms with van der Waals surface area (Å²) < 4.78 is 0. The van der Waals surface area contributed by atoms with Crippen molar-refractivity contribution in [1.82, 2.24) is 10.2 Å². The van der Waals surface area contributed by atoms with Gasteiger partial charge >= 0.3 is 5.97 Å². The summed E-state index contributed by atoms with van der Waals surface area (Å²) in [5, 5.41) is 12.1. The Labute approximate surface area is 125 Å². The van der Waals surface area contributed by atoms with Crippen LogP contribution in [-0.4, -0.2) is 48.6 Å². The number of carbonyl (C=O) groups is 2. The molecule has 0 saturated carbocycles. The van der Waals surface area contributed by atoms with Gasteiger partial charge in [0.05, 0.1) is 11.8 Å². The number of carboxylic acids is 1. The number of amides is 1. The van der Waals surface area contributed by atoms with E-state index in [1.165, 1.54) is 0 Å². The number of piperidine rings is 1. The second-order valence-corrected chi connectivity index (χ2v) is 5.57. The third kappa shape index (κ3) is 3.42. The summed E-state index contributed by atoms with van der Waals surface area (Å²) in [4.78, 5) is 25.2. The van der Waals surface area contributed by atoms with E-state index in [0.29, 0.717) is 0 Å². The first-order valence-electron chi connectivity index (χ1n) is 7.30. The van der Waals surface area contributed by atoms with Crippen molar-refractivity contribution in [3.63, 3.8) is 0 Å². The van der Waals surface area contributed by atoms with Crippen LogP contribution in [0.3, 0.4) is 0 Å². The molecule has 1 aliphatic rings. The maximum atomic E-state index is 12.9. The van der Waals surface area contributed by atoms with Crippen molar-refractivity contribution in [3.05, 3.63) is 35.9 Å². The molecule has 5 heteroatoms. The number of nitrogens with one attached hydrogen (secondary N) is 1. The van der Waals surface area contributed by atoms with E-state index >= 15 is 0 Å². The Morgan fingerprint density at radius 1 is 1.24 bits per heavy atom. The van der Waals surface area contributed by atoms with Crippen molar-refractivity contribution in [3.8, 4) is 0 Å². The Hall–Kier alpha value is -1.88. The minimum atomic E-state index is -0.881. The van der Waals surface area contributed by atoms with Crippen LogP contribution in [0.25, 0.3) is 0 Å². The monoisotopic (exact) mass is 290 g/mol. The average molecular weight is 290 g/mol. The molecule has 0 aliphatic carbocycles. The predicted octanol–water partition coefficient (Wildman–Crippen LogP) is 1.24. The average Bonchev–Trinajstić information content (AvgIpc) is 2.53. The van der Waals surface area contributed by atoms with E-state index in [1.54, 1.807) is 11.9 Å².